The fourth-order valence-electron chi connectivity index (χ4n) is 2.48. The Morgan fingerprint density at radius 1 is 1.32 bits per heavy atom. The Bertz CT molecular complexity index is 844. The summed E-state index contributed by atoms with van der Waals surface area (Å²) in [4.78, 5) is 4.31. The van der Waals surface area contributed by atoms with Gasteiger partial charge in [0, 0.05) is 17.6 Å². The van der Waals surface area contributed by atoms with Gasteiger partial charge in [-0.3, -0.25) is 10.3 Å². The fourth-order valence-corrected chi connectivity index (χ4v) is 4.09. The lowest BCUT2D eigenvalue weighted by molar-refractivity contribution is 0.0658. The number of nitrogens with one attached hydrogen (secondary N) is 1. The van der Waals surface area contributed by atoms with E-state index in [2.05, 4.69) is 10.3 Å². The molecule has 0 fully saturated rings. The predicted molar refractivity (Wildman–Crippen MR) is 97.7 cm³/mol. The Balaban J connectivity index is 2.07. The van der Waals surface area contributed by atoms with Gasteiger partial charge in [0.25, 0.3) is 0 Å². The Hall–Kier alpha value is -2.01. The Morgan fingerprint density at radius 2 is 2.08 bits per heavy atom. The first-order valence-corrected chi connectivity index (χ1v) is 9.98. The molecule has 0 bridgehead atoms. The molecule has 1 N–H and O–H groups in total. The van der Waals surface area contributed by atoms with Crippen molar-refractivity contribution in [3.63, 3.8) is 0 Å². The number of hydrogen-bond acceptors (Lipinski definition) is 6. The van der Waals surface area contributed by atoms with Gasteiger partial charge in [-0.2, -0.15) is 5.26 Å². The molecular weight excluding hydrogens is 338 g/mol. The summed E-state index contributed by atoms with van der Waals surface area (Å²) in [5.74, 6) is -0.175. The number of para-hydroxylation sites is 1. The van der Waals surface area contributed by atoms with Gasteiger partial charge in [-0.1, -0.05) is 18.2 Å². The van der Waals surface area contributed by atoms with E-state index >= 15 is 0 Å². The number of nitrogens with zero attached hydrogens (tertiary/aromatic N) is 2. The summed E-state index contributed by atoms with van der Waals surface area (Å²) in [5, 5.41) is 12.5. The average Bonchev–Trinajstić information content (AvgIpc) is 2.56. The van der Waals surface area contributed by atoms with Crippen LogP contribution in [0.15, 0.2) is 36.5 Å². The number of sulfone groups is 1. The van der Waals surface area contributed by atoms with Gasteiger partial charge in [-0.15, -0.1) is 0 Å². The molecule has 0 amide bonds. The van der Waals surface area contributed by atoms with Crippen LogP contribution in [0.3, 0.4) is 0 Å². The highest BCUT2D eigenvalue weighted by atomic mass is 32.2. The zero-order valence-corrected chi connectivity index (χ0v) is 15.3. The molecule has 0 radical (unpaired) electrons. The van der Waals surface area contributed by atoms with Crippen molar-refractivity contribution in [1.82, 2.24) is 10.3 Å². The first kappa shape index (κ1) is 19.3. The summed E-state index contributed by atoms with van der Waals surface area (Å²) in [6, 6.07) is 11.0. The Morgan fingerprint density at radius 3 is 2.80 bits per heavy atom. The molecule has 2 rings (SSSR count). The maximum absolute atomic E-state index is 12.5. The number of fused-ring (bicyclic) bond motifs is 1. The van der Waals surface area contributed by atoms with Crippen LogP contribution < -0.4 is 5.32 Å². The van der Waals surface area contributed by atoms with Crippen LogP contribution in [0.4, 0.5) is 0 Å². The summed E-state index contributed by atoms with van der Waals surface area (Å²) in [6.07, 6.45) is 1.60. The molecule has 0 unspecified atom stereocenters. The number of aromatic nitrogens is 1. The molecule has 1 aromatic heterocycles. The number of nitriles is 1. The lowest BCUT2D eigenvalue weighted by Crippen LogP contribution is -2.40. The standard InChI is InChI=1S/C18H23N3O3S/c1-14(2)24-11-17(20-8-7-19)13-25(22,23)12-15-9-16-5-3-4-6-18(16)21-10-15/h3-6,9-10,14,17,20H,8,11-13H2,1-2H3/t17-/m0/s1. The van der Waals surface area contributed by atoms with E-state index in [0.717, 1.165) is 10.9 Å². The van der Waals surface area contributed by atoms with E-state index < -0.39 is 15.9 Å². The second-order valence-corrected chi connectivity index (χ2v) is 8.32. The first-order chi connectivity index (χ1) is 11.9. The molecule has 6 nitrogen and oxygen atoms in total. The molecule has 7 heteroatoms. The number of benzene rings is 1. The van der Waals surface area contributed by atoms with Crippen molar-refractivity contribution in [1.29, 1.82) is 5.26 Å². The zero-order valence-electron chi connectivity index (χ0n) is 14.5. The van der Waals surface area contributed by atoms with Crippen molar-refractivity contribution in [2.24, 2.45) is 0 Å². The predicted octanol–water partition coefficient (Wildman–Crippen LogP) is 2.06. The largest absolute Gasteiger partial charge is 0.377 e. The van der Waals surface area contributed by atoms with E-state index in [1.165, 1.54) is 0 Å². The minimum absolute atomic E-state index is 0.00113. The lowest BCUT2D eigenvalue weighted by Gasteiger charge is -2.19. The third-order valence-electron chi connectivity index (χ3n) is 3.59. The highest BCUT2D eigenvalue weighted by molar-refractivity contribution is 7.90. The quantitative estimate of drug-likeness (QED) is 0.687. The van der Waals surface area contributed by atoms with Gasteiger partial charge in [-0.25, -0.2) is 8.42 Å². The highest BCUT2D eigenvalue weighted by Crippen LogP contribution is 2.15. The van der Waals surface area contributed by atoms with Gasteiger partial charge in [0.1, 0.15) is 0 Å². The van der Waals surface area contributed by atoms with E-state index in [1.807, 2.05) is 50.2 Å². The molecule has 1 heterocycles. The van der Waals surface area contributed by atoms with E-state index in [9.17, 15) is 8.42 Å². The van der Waals surface area contributed by atoms with E-state index in [-0.39, 0.29) is 30.8 Å². The topological polar surface area (TPSA) is 92.1 Å². The number of hydrogen-bond donors (Lipinski definition) is 1. The SMILES string of the molecule is CC(C)OC[C@@H](CS(=O)(=O)Cc1cnc2ccccc2c1)NCC#N. The molecule has 1 aromatic carbocycles. The van der Waals surface area contributed by atoms with Crippen LogP contribution in [-0.2, 0) is 20.3 Å². The van der Waals surface area contributed by atoms with Crippen molar-refractivity contribution in [3.8, 4) is 6.07 Å². The first-order valence-electron chi connectivity index (χ1n) is 8.15. The molecule has 0 aliphatic rings. The van der Waals surface area contributed by atoms with Crippen LogP contribution in [0.25, 0.3) is 10.9 Å². The summed E-state index contributed by atoms with van der Waals surface area (Å²) >= 11 is 0. The van der Waals surface area contributed by atoms with Crippen molar-refractivity contribution < 1.29 is 13.2 Å². The summed E-state index contributed by atoms with van der Waals surface area (Å²) in [6.45, 7) is 4.10. The second kappa shape index (κ2) is 8.90. The minimum atomic E-state index is -3.37. The summed E-state index contributed by atoms with van der Waals surface area (Å²) in [7, 11) is -3.37. The number of ether oxygens (including phenoxy) is 1. The van der Waals surface area contributed by atoms with Crippen molar-refractivity contribution >= 4 is 20.7 Å². The molecular formula is C18H23N3O3S. The van der Waals surface area contributed by atoms with E-state index in [0.29, 0.717) is 5.56 Å². The van der Waals surface area contributed by atoms with Gasteiger partial charge in [0.05, 0.1) is 42.3 Å². The number of pyridine rings is 1. The average molecular weight is 361 g/mol. The zero-order chi connectivity index (χ0) is 18.3. The molecule has 0 spiro atoms. The molecule has 2 aromatic rings. The van der Waals surface area contributed by atoms with Crippen LogP contribution in [0.2, 0.25) is 0 Å². The molecule has 1 atom stereocenters. The minimum Gasteiger partial charge on any atom is -0.377 e. The molecule has 25 heavy (non-hydrogen) atoms. The monoisotopic (exact) mass is 361 g/mol. The highest BCUT2D eigenvalue weighted by Gasteiger charge is 2.20. The molecule has 0 saturated carbocycles. The van der Waals surface area contributed by atoms with Crippen LogP contribution >= 0.6 is 0 Å². The van der Waals surface area contributed by atoms with Gasteiger partial charge < -0.3 is 4.74 Å². The Kier molecular flexibility index (Phi) is 6.88. The molecule has 0 aliphatic heterocycles. The van der Waals surface area contributed by atoms with Crippen molar-refractivity contribution in [2.45, 2.75) is 31.7 Å². The van der Waals surface area contributed by atoms with Crippen LogP contribution in [0, 0.1) is 11.3 Å². The molecule has 0 aliphatic carbocycles. The van der Waals surface area contributed by atoms with Crippen molar-refractivity contribution in [2.75, 3.05) is 18.9 Å². The van der Waals surface area contributed by atoms with Crippen LogP contribution in [0.1, 0.15) is 19.4 Å². The van der Waals surface area contributed by atoms with Gasteiger partial charge >= 0.3 is 0 Å². The van der Waals surface area contributed by atoms with Crippen molar-refractivity contribution in [3.05, 3.63) is 42.1 Å². The maximum atomic E-state index is 12.5. The molecule has 134 valence electrons. The van der Waals surface area contributed by atoms with E-state index in [1.54, 1.807) is 6.20 Å². The number of rotatable bonds is 9. The third kappa shape index (κ3) is 6.42. The van der Waals surface area contributed by atoms with Crippen LogP contribution in [-0.4, -0.2) is 44.5 Å². The summed E-state index contributed by atoms with van der Waals surface area (Å²) < 4.78 is 30.6. The van der Waals surface area contributed by atoms with Gasteiger partial charge in [0.2, 0.25) is 0 Å². The van der Waals surface area contributed by atoms with Gasteiger partial charge in [-0.05, 0) is 31.5 Å². The summed E-state index contributed by atoms with van der Waals surface area (Å²) in [5.41, 5.74) is 1.49. The Labute approximate surface area is 148 Å². The third-order valence-corrected chi connectivity index (χ3v) is 5.27. The lowest BCUT2D eigenvalue weighted by atomic mass is 10.2. The van der Waals surface area contributed by atoms with Crippen LogP contribution in [0.5, 0.6) is 0 Å². The second-order valence-electron chi connectivity index (χ2n) is 6.21. The fraction of sp³-hybridized carbons (Fsp3) is 0.444. The van der Waals surface area contributed by atoms with E-state index in [4.69, 9.17) is 10.00 Å². The smallest absolute Gasteiger partial charge is 0.156 e. The normalized spacial score (nSPS) is 13.0. The molecule has 0 saturated heterocycles. The van der Waals surface area contributed by atoms with Gasteiger partial charge in [0.15, 0.2) is 9.84 Å². The maximum Gasteiger partial charge on any atom is 0.156 e.